The summed E-state index contributed by atoms with van der Waals surface area (Å²) >= 11 is 0. The highest BCUT2D eigenvalue weighted by Gasteiger charge is 2.31. The minimum Gasteiger partial charge on any atom is -0.338 e. The molecular weight excluding hydrogens is 496 g/mol. The van der Waals surface area contributed by atoms with Crippen LogP contribution in [0.4, 0.5) is 10.6 Å². The molecule has 3 aliphatic rings. The maximum atomic E-state index is 12.9. The van der Waals surface area contributed by atoms with Crippen molar-refractivity contribution < 1.29 is 9.59 Å². The summed E-state index contributed by atoms with van der Waals surface area (Å²) in [5.74, 6) is 0.0575. The zero-order chi connectivity index (χ0) is 27.7. The van der Waals surface area contributed by atoms with Crippen LogP contribution in [0.1, 0.15) is 50.7 Å². The molecule has 1 saturated carbocycles. The fourth-order valence-electron chi connectivity index (χ4n) is 5.91. The molecule has 3 atom stereocenters. The van der Waals surface area contributed by atoms with E-state index in [0.717, 1.165) is 44.2 Å². The first-order valence-electron chi connectivity index (χ1n) is 13.9. The maximum Gasteiger partial charge on any atom is 0.354 e. The topological polar surface area (TPSA) is 152 Å². The first kappa shape index (κ1) is 27.3. The lowest BCUT2D eigenvalue weighted by Crippen LogP contribution is -2.58. The fraction of sp³-hybridized carbons (Fsp3) is 0.571. The Bertz CT molecular complexity index is 1280. The van der Waals surface area contributed by atoms with E-state index in [4.69, 9.17) is 11.5 Å². The lowest BCUT2D eigenvalue weighted by Gasteiger charge is -2.37. The molecule has 11 heteroatoms. The molecule has 1 aliphatic heterocycles. The van der Waals surface area contributed by atoms with E-state index in [1.54, 1.807) is 35.9 Å². The monoisotopic (exact) mass is 536 g/mol. The smallest absolute Gasteiger partial charge is 0.338 e. The number of anilines is 1. The molecule has 3 amide bonds. The summed E-state index contributed by atoms with van der Waals surface area (Å²) in [6, 6.07) is 8.71. The number of urea groups is 1. The lowest BCUT2D eigenvalue weighted by atomic mass is 9.87. The number of benzene rings is 1. The van der Waals surface area contributed by atoms with E-state index in [9.17, 15) is 14.4 Å². The Balaban J connectivity index is 1.18. The molecular formula is C28H40N8O3. The van der Waals surface area contributed by atoms with Gasteiger partial charge in [0.1, 0.15) is 5.82 Å². The third-order valence-corrected chi connectivity index (χ3v) is 8.09. The fourth-order valence-corrected chi connectivity index (χ4v) is 5.91. The molecule has 1 saturated heterocycles. The third-order valence-electron chi connectivity index (χ3n) is 8.09. The van der Waals surface area contributed by atoms with Crippen molar-refractivity contribution in [1.29, 1.82) is 0 Å². The van der Waals surface area contributed by atoms with Crippen LogP contribution >= 0.6 is 0 Å². The second kappa shape index (κ2) is 11.1. The Hall–Kier alpha value is -3.28. The van der Waals surface area contributed by atoms with Gasteiger partial charge in [-0.2, -0.15) is 4.98 Å². The predicted octanol–water partition coefficient (Wildman–Crippen LogP) is 0.973. The molecule has 2 aliphatic carbocycles. The molecule has 5 rings (SSSR count). The van der Waals surface area contributed by atoms with Crippen LogP contribution in [-0.4, -0.2) is 81.1 Å². The molecule has 2 aromatic rings. The van der Waals surface area contributed by atoms with Gasteiger partial charge in [-0.15, -0.1) is 0 Å². The standard InChI is InChI=1S/C28H40N8O3/c1-28(2,30)25(37)34-11-13-35(14-12-34)26(38)32-24-9-10-36(27(39)33-24)23-8-4-18-15-21(6-3-19(18)16-23)31-22-7-5-20(29)17-22/h4,8-10,16,20-22,31H,3,5-7,11-15,17,29-30H2,1-2H3,(H,32,33,38,39)/t20-,21?,22?/m1/s1. The summed E-state index contributed by atoms with van der Waals surface area (Å²) in [7, 11) is 0. The van der Waals surface area contributed by atoms with Crippen molar-refractivity contribution in [3.8, 4) is 5.69 Å². The number of nitrogens with one attached hydrogen (secondary N) is 2. The highest BCUT2D eigenvalue weighted by Crippen LogP contribution is 2.26. The van der Waals surface area contributed by atoms with Crippen LogP contribution in [-0.2, 0) is 17.6 Å². The summed E-state index contributed by atoms with van der Waals surface area (Å²) in [6.45, 7) is 4.92. The zero-order valence-electron chi connectivity index (χ0n) is 22.9. The van der Waals surface area contributed by atoms with Gasteiger partial charge in [0.25, 0.3) is 0 Å². The summed E-state index contributed by atoms with van der Waals surface area (Å²) in [5, 5.41) is 6.51. The molecule has 1 aromatic heterocycles. The third kappa shape index (κ3) is 6.32. The van der Waals surface area contributed by atoms with Crippen molar-refractivity contribution >= 4 is 17.8 Å². The number of fused-ring (bicyclic) bond motifs is 1. The number of nitrogens with zero attached hydrogens (tertiary/aromatic N) is 4. The van der Waals surface area contributed by atoms with E-state index in [1.165, 1.54) is 15.7 Å². The molecule has 0 radical (unpaired) electrons. The van der Waals surface area contributed by atoms with Crippen LogP contribution < -0.4 is 27.8 Å². The minimum absolute atomic E-state index is 0.138. The number of hydrogen-bond donors (Lipinski definition) is 4. The van der Waals surface area contributed by atoms with Crippen molar-refractivity contribution in [2.45, 2.75) is 76.0 Å². The number of aryl methyl sites for hydroxylation is 1. The largest absolute Gasteiger partial charge is 0.354 e. The summed E-state index contributed by atoms with van der Waals surface area (Å²) in [4.78, 5) is 45.3. The van der Waals surface area contributed by atoms with Crippen molar-refractivity contribution in [2.24, 2.45) is 11.5 Å². The van der Waals surface area contributed by atoms with Gasteiger partial charge in [0.2, 0.25) is 5.91 Å². The van der Waals surface area contributed by atoms with Gasteiger partial charge in [0, 0.05) is 50.5 Å². The van der Waals surface area contributed by atoms with Crippen molar-refractivity contribution in [2.75, 3.05) is 31.5 Å². The van der Waals surface area contributed by atoms with Gasteiger partial charge in [-0.05, 0) is 81.7 Å². The van der Waals surface area contributed by atoms with Gasteiger partial charge >= 0.3 is 11.7 Å². The van der Waals surface area contributed by atoms with Crippen LogP contribution in [0.5, 0.6) is 0 Å². The van der Waals surface area contributed by atoms with Gasteiger partial charge in [0.15, 0.2) is 0 Å². The number of aromatic nitrogens is 2. The average Bonchev–Trinajstić information content (AvgIpc) is 3.32. The molecule has 2 fully saturated rings. The van der Waals surface area contributed by atoms with Gasteiger partial charge < -0.3 is 26.6 Å². The number of amides is 3. The number of hydrogen-bond acceptors (Lipinski definition) is 7. The van der Waals surface area contributed by atoms with E-state index in [2.05, 4.69) is 27.8 Å². The Morgan fingerprint density at radius 3 is 2.41 bits per heavy atom. The second-order valence-corrected chi connectivity index (χ2v) is 11.7. The van der Waals surface area contributed by atoms with Crippen molar-refractivity contribution in [3.05, 3.63) is 52.1 Å². The van der Waals surface area contributed by atoms with Crippen molar-refractivity contribution in [3.63, 3.8) is 0 Å². The van der Waals surface area contributed by atoms with E-state index in [0.29, 0.717) is 44.3 Å². The molecule has 1 aromatic carbocycles. The number of carbonyl (C=O) groups excluding carboxylic acids is 2. The number of carbonyl (C=O) groups is 2. The number of nitrogens with two attached hydrogens (primary N) is 2. The van der Waals surface area contributed by atoms with Crippen LogP contribution in [0.2, 0.25) is 0 Å². The van der Waals surface area contributed by atoms with Crippen molar-refractivity contribution in [1.82, 2.24) is 24.7 Å². The normalized spacial score (nSPS) is 23.4. The molecule has 2 unspecified atom stereocenters. The van der Waals surface area contributed by atoms with Gasteiger partial charge in [-0.25, -0.2) is 9.59 Å². The quantitative estimate of drug-likeness (QED) is 0.444. The predicted molar refractivity (Wildman–Crippen MR) is 150 cm³/mol. The van der Waals surface area contributed by atoms with E-state index in [1.807, 2.05) is 6.07 Å². The lowest BCUT2D eigenvalue weighted by molar-refractivity contribution is -0.137. The Kier molecular flexibility index (Phi) is 7.75. The summed E-state index contributed by atoms with van der Waals surface area (Å²) in [5.41, 5.74) is 13.9. The molecule has 39 heavy (non-hydrogen) atoms. The minimum atomic E-state index is -0.944. The van der Waals surface area contributed by atoms with Crippen LogP contribution in [0, 0.1) is 0 Å². The zero-order valence-corrected chi connectivity index (χ0v) is 22.9. The Morgan fingerprint density at radius 1 is 1.00 bits per heavy atom. The summed E-state index contributed by atoms with van der Waals surface area (Å²) in [6.07, 6.45) is 7.95. The average molecular weight is 537 g/mol. The van der Waals surface area contributed by atoms with Crippen LogP contribution in [0.15, 0.2) is 35.3 Å². The molecule has 11 nitrogen and oxygen atoms in total. The first-order valence-corrected chi connectivity index (χ1v) is 13.9. The van der Waals surface area contributed by atoms with Crippen LogP contribution in [0.25, 0.3) is 5.69 Å². The second-order valence-electron chi connectivity index (χ2n) is 11.7. The summed E-state index contributed by atoms with van der Waals surface area (Å²) < 4.78 is 1.50. The Morgan fingerprint density at radius 2 is 1.74 bits per heavy atom. The molecule has 0 spiro atoms. The van der Waals surface area contributed by atoms with Gasteiger partial charge in [0.05, 0.1) is 11.2 Å². The molecule has 2 heterocycles. The van der Waals surface area contributed by atoms with E-state index >= 15 is 0 Å². The molecule has 210 valence electrons. The van der Waals surface area contributed by atoms with Crippen LogP contribution in [0.3, 0.4) is 0 Å². The maximum absolute atomic E-state index is 12.9. The van der Waals surface area contributed by atoms with Gasteiger partial charge in [-0.3, -0.25) is 14.7 Å². The Labute approximate surface area is 228 Å². The highest BCUT2D eigenvalue weighted by molar-refractivity contribution is 5.89. The number of rotatable bonds is 5. The highest BCUT2D eigenvalue weighted by atomic mass is 16.2. The molecule has 0 bridgehead atoms. The molecule has 6 N–H and O–H groups in total. The van der Waals surface area contributed by atoms with E-state index in [-0.39, 0.29) is 17.8 Å². The van der Waals surface area contributed by atoms with Gasteiger partial charge in [-0.1, -0.05) is 6.07 Å². The van der Waals surface area contributed by atoms with E-state index < -0.39 is 11.2 Å². The number of piperazine rings is 1. The SMILES string of the molecule is CC(C)(N)C(=O)N1CCN(C(=O)Nc2ccn(-c3ccc4c(c3)CCC(NC3CC[C@@H](N)C3)C4)c(=O)n2)CC1. The first-order chi connectivity index (χ1) is 18.6.